The Bertz CT molecular complexity index is 4800. The van der Waals surface area contributed by atoms with Gasteiger partial charge < -0.3 is 47.6 Å². The van der Waals surface area contributed by atoms with E-state index in [1.807, 2.05) is 62.0 Å². The second-order valence-corrected chi connectivity index (χ2v) is 34.5. The van der Waals surface area contributed by atoms with E-state index in [2.05, 4.69) is 166 Å². The number of hydrogen-bond donors (Lipinski definition) is 12. The highest BCUT2D eigenvalue weighted by Crippen LogP contribution is 2.42. The summed E-state index contributed by atoms with van der Waals surface area (Å²) in [4.78, 5) is 75.7. The number of aromatic amines is 3. The summed E-state index contributed by atoms with van der Waals surface area (Å²) in [5.41, 5.74) is 9.69. The van der Waals surface area contributed by atoms with Gasteiger partial charge in [0, 0.05) is 123 Å². The van der Waals surface area contributed by atoms with Crippen LogP contribution in [-0.4, -0.2) is 226 Å². The fraction of sp³-hybridized carbons (Fsp3) is 0.565. The van der Waals surface area contributed by atoms with Crippen LogP contribution < -0.4 is 42.5 Å². The summed E-state index contributed by atoms with van der Waals surface area (Å²) in [6, 6.07) is 30.2. The quantitative estimate of drug-likeness (QED) is 0.0283. The van der Waals surface area contributed by atoms with Gasteiger partial charge >= 0.3 is 0 Å². The van der Waals surface area contributed by atoms with Crippen molar-refractivity contribution in [2.45, 2.75) is 205 Å². The highest BCUT2D eigenvalue weighted by molar-refractivity contribution is 7.09. The molecule has 9 aromatic rings. The van der Waals surface area contributed by atoms with Crippen LogP contribution in [0.3, 0.4) is 0 Å². The van der Waals surface area contributed by atoms with E-state index < -0.39 is 5.60 Å². The number of aryl methyl sites for hydroxylation is 5. The van der Waals surface area contributed by atoms with Gasteiger partial charge in [0.05, 0.1) is 88.9 Å². The molecule has 17 rings (SSSR count). The molecule has 608 valence electrons. The third kappa shape index (κ3) is 20.2. The fourth-order valence-electron chi connectivity index (χ4n) is 18.2. The average Bonchev–Trinajstić information content (AvgIpc) is 0.908. The zero-order chi connectivity index (χ0) is 79.6. The first-order valence-corrected chi connectivity index (χ1v) is 42.4. The van der Waals surface area contributed by atoms with Crippen LogP contribution >= 0.6 is 11.3 Å². The minimum Gasteiger partial charge on any atom is -0.384 e. The van der Waals surface area contributed by atoms with E-state index in [4.69, 9.17) is 5.26 Å². The van der Waals surface area contributed by atoms with Crippen molar-refractivity contribution in [3.8, 4) is 6.07 Å². The van der Waals surface area contributed by atoms with Crippen molar-refractivity contribution in [3.63, 3.8) is 0 Å². The Labute approximate surface area is 671 Å². The van der Waals surface area contributed by atoms with Crippen molar-refractivity contribution >= 4 is 108 Å². The van der Waals surface area contributed by atoms with Crippen molar-refractivity contribution in [2.75, 3.05) is 99.8 Å². The number of amides is 4. The normalized spacial score (nSPS) is 23.8. The fourth-order valence-corrected chi connectivity index (χ4v) is 18.9. The van der Waals surface area contributed by atoms with E-state index in [-0.39, 0.29) is 79.8 Å². The third-order valence-electron chi connectivity index (χ3n) is 25.2. The second-order valence-electron chi connectivity index (χ2n) is 33.6. The van der Waals surface area contributed by atoms with Gasteiger partial charge in [-0.2, -0.15) is 25.7 Å². The molecule has 4 aromatic carbocycles. The van der Waals surface area contributed by atoms with E-state index in [9.17, 15) is 29.1 Å². The lowest BCUT2D eigenvalue weighted by atomic mass is 9.80. The van der Waals surface area contributed by atoms with Gasteiger partial charge in [-0.3, -0.25) is 68.5 Å². The molecule has 114 heavy (non-hydrogen) atoms. The van der Waals surface area contributed by atoms with Gasteiger partial charge in [-0.25, -0.2) is 0 Å². The molecule has 5 aromatic heterocycles. The predicted molar refractivity (Wildman–Crippen MR) is 448 cm³/mol. The van der Waals surface area contributed by atoms with Gasteiger partial charge in [0.2, 0.25) is 23.6 Å². The molecule has 9 heterocycles. The number of ketones is 1. The molecule has 4 saturated heterocycles. The summed E-state index contributed by atoms with van der Waals surface area (Å²) in [5, 5.41) is 75.4. The number of likely N-dealkylation sites (tertiary alicyclic amines) is 4. The lowest BCUT2D eigenvalue weighted by molar-refractivity contribution is -0.123. The molecule has 4 amide bonds. The first-order chi connectivity index (χ1) is 55.1. The molecular weight excluding hydrogens is 1460 g/mol. The molecule has 28 nitrogen and oxygen atoms in total. The highest BCUT2D eigenvalue weighted by atomic mass is 32.1. The molecule has 8 aliphatic rings. The number of aromatic nitrogens is 9. The molecular formula is C85H116N22O6S. The number of hydrogen-bond acceptors (Lipinski definition) is 21. The number of benzene rings is 4. The summed E-state index contributed by atoms with van der Waals surface area (Å²) in [7, 11) is 1.91. The summed E-state index contributed by atoms with van der Waals surface area (Å²) < 4.78 is 1.83. The maximum Gasteiger partial charge on any atom is 0.239 e. The maximum absolute atomic E-state index is 12.5. The van der Waals surface area contributed by atoms with Crippen LogP contribution in [-0.2, 0) is 36.6 Å². The summed E-state index contributed by atoms with van der Waals surface area (Å²) in [5.74, 6) is 4.71. The van der Waals surface area contributed by atoms with Crippen LogP contribution in [0.25, 0.3) is 43.6 Å². The van der Waals surface area contributed by atoms with Crippen molar-refractivity contribution < 1.29 is 29.1 Å². The molecule has 4 aliphatic carbocycles. The summed E-state index contributed by atoms with van der Waals surface area (Å²) >= 11 is 1.54. The SMILES string of the molecule is CC(=O)C1CCC(N2CC(NC(=O)CNc3n[nH]c4ccc(C)cc34)C2)CC1.CCC1CCC(N2CC(NC(=O)CNc3n[nH]c4ccc(C)cc34)C2)CC1.Cc1ccc2[nH]nc(NCC(=O)NC3CN(C4CCC(C#N)CC4)C3)c2c1.Cc1ccc2c(c1)c(NCC(=O)NC1CN(C3CCC(O)(c4cncs4)CC3)C1)nn2C. The van der Waals surface area contributed by atoms with Crippen molar-refractivity contribution in [1.82, 2.24) is 86.2 Å². The number of fused-ring (bicyclic) bond motifs is 4. The highest BCUT2D eigenvalue weighted by Gasteiger charge is 2.42. The van der Waals surface area contributed by atoms with Crippen LogP contribution in [0.5, 0.6) is 0 Å². The molecule has 4 aliphatic heterocycles. The molecule has 8 fully saturated rings. The molecule has 0 radical (unpaired) electrons. The Kier molecular flexibility index (Phi) is 26.2. The zero-order valence-electron chi connectivity index (χ0n) is 67.3. The van der Waals surface area contributed by atoms with Crippen LogP contribution in [0.4, 0.5) is 23.3 Å². The van der Waals surface area contributed by atoms with Crippen LogP contribution in [0.2, 0.25) is 0 Å². The number of Topliss-reactive ketones (excluding diaryl/α,β-unsaturated/α-hetero) is 1. The minimum absolute atomic E-state index is 0.00311. The number of thiazole rings is 1. The predicted octanol–water partition coefficient (Wildman–Crippen LogP) is 9.83. The third-order valence-corrected chi connectivity index (χ3v) is 26.2. The Morgan fingerprint density at radius 1 is 0.500 bits per heavy atom. The standard InChI is InChI=1S/C23H30N6O2S.C21H29N5O2.C21H31N5O.C20H26N6O/c1-15-3-4-19-18(9-15)22(27-28(19)2)25-11-21(30)26-16-12-29(13-16)17-5-7-23(31,8-6-17)20-10-24-14-32-20;1-13-3-8-19-18(9-13)21(25-24-19)22-10-20(28)23-16-11-26(12-16)17-6-4-15(5-7-17)14(2)27;1-3-15-5-7-17(8-6-15)26-12-16(13-26)23-20(27)11-22-21-18-10-14(2)4-9-19(18)24-25-21;1-13-2-7-18-17(8-13)20(25-24-18)22-10-19(27)23-15-11-26(12-15)16-5-3-14(9-21)4-6-16/h3-4,9-10,14,16-17,31H,5-8,11-13H2,1-2H3,(H,25,27)(H,26,30);3,8-9,15-17H,4-7,10-12H2,1-2H3,(H,23,28)(H2,22,24,25);4,9-10,15-17H,3,5-8,11-13H2,1-2H3,(H,23,27)(H2,22,24,25);2,7-8,14-16H,3-6,10-12H2,1H3,(H,23,27)(H2,22,24,25). The smallest absolute Gasteiger partial charge is 0.239 e. The molecule has 0 bridgehead atoms. The van der Waals surface area contributed by atoms with E-state index in [1.54, 1.807) is 18.6 Å². The number of carbonyl (C=O) groups excluding carboxylic acids is 5. The number of nitrogens with one attached hydrogen (secondary N) is 11. The van der Waals surface area contributed by atoms with E-state index in [0.29, 0.717) is 41.6 Å². The lowest BCUT2D eigenvalue weighted by Gasteiger charge is -2.48. The number of nitriles is 1. The van der Waals surface area contributed by atoms with Crippen molar-refractivity contribution in [1.29, 1.82) is 5.26 Å². The molecule has 0 spiro atoms. The van der Waals surface area contributed by atoms with Crippen LogP contribution in [0.15, 0.2) is 84.5 Å². The first kappa shape index (κ1) is 81.0. The number of aliphatic hydroxyl groups is 1. The Morgan fingerprint density at radius 3 is 1.23 bits per heavy atom. The van der Waals surface area contributed by atoms with Gasteiger partial charge in [0.25, 0.3) is 0 Å². The molecule has 0 atom stereocenters. The Hall–Kier alpha value is -9.57. The number of carbonyl (C=O) groups is 5. The van der Waals surface area contributed by atoms with Gasteiger partial charge in [0.1, 0.15) is 11.4 Å². The monoisotopic (exact) mass is 1570 g/mol. The van der Waals surface area contributed by atoms with Crippen molar-refractivity contribution in [3.05, 3.63) is 112 Å². The van der Waals surface area contributed by atoms with Gasteiger partial charge in [0.15, 0.2) is 23.3 Å². The lowest BCUT2D eigenvalue weighted by Crippen LogP contribution is -2.63. The minimum atomic E-state index is -0.712. The summed E-state index contributed by atoms with van der Waals surface area (Å²) in [6.45, 7) is 20.5. The average molecular weight is 1570 g/mol. The Balaban J connectivity index is 0.000000126. The van der Waals surface area contributed by atoms with Crippen LogP contribution in [0.1, 0.15) is 150 Å². The Morgan fingerprint density at radius 2 is 0.860 bits per heavy atom. The van der Waals surface area contributed by atoms with Gasteiger partial charge in [-0.1, -0.05) is 59.9 Å². The number of nitrogens with zero attached hydrogens (tertiary/aromatic N) is 11. The number of anilines is 4. The molecule has 29 heteroatoms. The molecule has 4 saturated carbocycles. The van der Waals surface area contributed by atoms with Gasteiger partial charge in [-0.05, 0) is 192 Å². The summed E-state index contributed by atoms with van der Waals surface area (Å²) in [6.07, 6.45) is 20.4. The number of H-pyrrole nitrogens is 3. The van der Waals surface area contributed by atoms with Crippen LogP contribution in [0, 0.1) is 56.8 Å². The first-order valence-electron chi connectivity index (χ1n) is 41.5. The topological polar surface area (TPSA) is 355 Å². The van der Waals surface area contributed by atoms with E-state index in [1.165, 1.54) is 54.6 Å². The largest absolute Gasteiger partial charge is 0.384 e. The maximum atomic E-state index is 12.5. The second kappa shape index (κ2) is 36.9. The van der Waals surface area contributed by atoms with Gasteiger partial charge in [-0.15, -0.1) is 11.3 Å². The van der Waals surface area contributed by atoms with E-state index in [0.717, 1.165) is 213 Å². The molecule has 0 unspecified atom stereocenters. The van der Waals surface area contributed by atoms with Crippen molar-refractivity contribution in [2.24, 2.45) is 24.8 Å². The molecule has 12 N–H and O–H groups in total. The van der Waals surface area contributed by atoms with E-state index >= 15 is 0 Å². The zero-order valence-corrected chi connectivity index (χ0v) is 68.1. The number of rotatable bonds is 23.